The number of piperidine rings is 1. The molecule has 1 aliphatic rings. The van der Waals surface area contributed by atoms with Gasteiger partial charge in [0.15, 0.2) is 5.82 Å². The van der Waals surface area contributed by atoms with Crippen LogP contribution in [0.1, 0.15) is 38.3 Å². The molecule has 0 unspecified atom stereocenters. The van der Waals surface area contributed by atoms with E-state index in [0.29, 0.717) is 24.5 Å². The van der Waals surface area contributed by atoms with Crippen molar-refractivity contribution in [3.63, 3.8) is 0 Å². The van der Waals surface area contributed by atoms with Crippen LogP contribution < -0.4 is 4.90 Å². The van der Waals surface area contributed by atoms with E-state index in [1.54, 1.807) is 0 Å². The van der Waals surface area contributed by atoms with Crippen molar-refractivity contribution < 1.29 is 4.79 Å². The molecule has 2 rings (SSSR count). The molecule has 0 spiro atoms. The van der Waals surface area contributed by atoms with Gasteiger partial charge in [0.25, 0.3) is 0 Å². The summed E-state index contributed by atoms with van der Waals surface area (Å²) >= 11 is 0. The predicted molar refractivity (Wildman–Crippen MR) is 59.1 cm³/mol. The third-order valence-corrected chi connectivity index (χ3v) is 2.85. The van der Waals surface area contributed by atoms with Crippen molar-refractivity contribution in [1.29, 1.82) is 0 Å². The molecule has 0 radical (unpaired) electrons. The van der Waals surface area contributed by atoms with E-state index in [0.717, 1.165) is 24.6 Å². The first-order valence-electron chi connectivity index (χ1n) is 5.49. The summed E-state index contributed by atoms with van der Waals surface area (Å²) in [5, 5.41) is 7.31. The van der Waals surface area contributed by atoms with Crippen LogP contribution in [0.15, 0.2) is 6.07 Å². The van der Waals surface area contributed by atoms with Gasteiger partial charge in [0.2, 0.25) is 0 Å². The quantitative estimate of drug-likeness (QED) is 0.803. The Morgan fingerprint density at radius 1 is 1.40 bits per heavy atom. The fourth-order valence-electron chi connectivity index (χ4n) is 1.77. The summed E-state index contributed by atoms with van der Waals surface area (Å²) in [6.45, 7) is 5.89. The van der Waals surface area contributed by atoms with E-state index in [1.165, 1.54) is 0 Å². The molecule has 4 heteroatoms. The zero-order chi connectivity index (χ0) is 10.8. The van der Waals surface area contributed by atoms with E-state index < -0.39 is 0 Å². The van der Waals surface area contributed by atoms with Crippen molar-refractivity contribution in [2.75, 3.05) is 18.0 Å². The van der Waals surface area contributed by atoms with Crippen molar-refractivity contribution in [1.82, 2.24) is 10.2 Å². The summed E-state index contributed by atoms with van der Waals surface area (Å²) in [5.74, 6) is 1.81. The van der Waals surface area contributed by atoms with Crippen molar-refractivity contribution in [3.8, 4) is 0 Å². The van der Waals surface area contributed by atoms with Gasteiger partial charge in [-0.25, -0.2) is 0 Å². The van der Waals surface area contributed by atoms with Gasteiger partial charge in [0.05, 0.1) is 0 Å². The molecule has 2 heterocycles. The zero-order valence-corrected chi connectivity index (χ0v) is 9.29. The first-order chi connectivity index (χ1) is 7.16. The minimum absolute atomic E-state index is 0.367. The minimum Gasteiger partial charge on any atom is -0.354 e. The van der Waals surface area contributed by atoms with Crippen LogP contribution in [0.2, 0.25) is 0 Å². The van der Waals surface area contributed by atoms with Crippen molar-refractivity contribution in [2.24, 2.45) is 0 Å². The van der Waals surface area contributed by atoms with E-state index in [-0.39, 0.29) is 0 Å². The number of hydrogen-bond donors (Lipinski definition) is 1. The van der Waals surface area contributed by atoms with Crippen LogP contribution in [0.25, 0.3) is 0 Å². The van der Waals surface area contributed by atoms with E-state index in [1.807, 2.05) is 0 Å². The Kier molecular flexibility index (Phi) is 2.75. The molecule has 1 aromatic rings. The van der Waals surface area contributed by atoms with Crippen LogP contribution in [0, 0.1) is 0 Å². The lowest BCUT2D eigenvalue weighted by molar-refractivity contribution is -0.119. The maximum atomic E-state index is 11.1. The molecule has 1 aliphatic heterocycles. The highest BCUT2D eigenvalue weighted by atomic mass is 16.1. The predicted octanol–water partition coefficient (Wildman–Crippen LogP) is 1.70. The van der Waals surface area contributed by atoms with Crippen LogP contribution in [0.5, 0.6) is 0 Å². The van der Waals surface area contributed by atoms with E-state index >= 15 is 0 Å². The Balaban J connectivity index is 2.06. The van der Waals surface area contributed by atoms with Crippen LogP contribution in [0.4, 0.5) is 5.82 Å². The number of nitrogens with zero attached hydrogens (tertiary/aromatic N) is 2. The Hall–Kier alpha value is -1.32. The number of anilines is 1. The zero-order valence-electron chi connectivity index (χ0n) is 9.29. The molecular formula is C11H17N3O. The first kappa shape index (κ1) is 10.2. The number of aromatic amines is 1. The second-order valence-corrected chi connectivity index (χ2v) is 4.36. The van der Waals surface area contributed by atoms with E-state index in [9.17, 15) is 4.79 Å². The van der Waals surface area contributed by atoms with Gasteiger partial charge in [-0.15, -0.1) is 0 Å². The van der Waals surface area contributed by atoms with E-state index in [4.69, 9.17) is 0 Å². The first-order valence-corrected chi connectivity index (χ1v) is 5.49. The number of nitrogens with one attached hydrogen (secondary N) is 1. The summed E-state index contributed by atoms with van der Waals surface area (Å²) < 4.78 is 0. The summed E-state index contributed by atoms with van der Waals surface area (Å²) in [6.07, 6.45) is 1.31. The van der Waals surface area contributed by atoms with Gasteiger partial charge in [-0.05, 0) is 5.92 Å². The largest absolute Gasteiger partial charge is 0.354 e. The van der Waals surface area contributed by atoms with Gasteiger partial charge in [-0.3, -0.25) is 9.89 Å². The Morgan fingerprint density at radius 3 is 2.60 bits per heavy atom. The van der Waals surface area contributed by atoms with Crippen molar-refractivity contribution in [3.05, 3.63) is 11.8 Å². The fourth-order valence-corrected chi connectivity index (χ4v) is 1.77. The van der Waals surface area contributed by atoms with Gasteiger partial charge >= 0.3 is 0 Å². The molecular weight excluding hydrogens is 190 g/mol. The molecule has 15 heavy (non-hydrogen) atoms. The van der Waals surface area contributed by atoms with Crippen LogP contribution in [-0.2, 0) is 4.79 Å². The average Bonchev–Trinajstić information content (AvgIpc) is 2.68. The number of H-pyrrole nitrogens is 1. The van der Waals surface area contributed by atoms with Gasteiger partial charge in [-0.2, -0.15) is 5.10 Å². The van der Waals surface area contributed by atoms with Gasteiger partial charge in [0.1, 0.15) is 5.78 Å². The third kappa shape index (κ3) is 2.19. The molecule has 0 atom stereocenters. The highest BCUT2D eigenvalue weighted by molar-refractivity contribution is 5.80. The SMILES string of the molecule is CC(C)c1cc(N2CCC(=O)CC2)n[nH]1. The molecule has 1 aromatic heterocycles. The number of carbonyl (C=O) groups excluding carboxylic acids is 1. The lowest BCUT2D eigenvalue weighted by atomic mass is 10.1. The molecule has 0 saturated carbocycles. The molecule has 0 aromatic carbocycles. The Bertz CT molecular complexity index is 346. The molecule has 4 nitrogen and oxygen atoms in total. The van der Waals surface area contributed by atoms with Crippen molar-refractivity contribution in [2.45, 2.75) is 32.6 Å². The molecule has 1 N–H and O–H groups in total. The maximum absolute atomic E-state index is 11.1. The summed E-state index contributed by atoms with van der Waals surface area (Å²) in [4.78, 5) is 13.3. The number of ketones is 1. The normalized spacial score (nSPS) is 17.5. The molecule has 1 fully saturated rings. The topological polar surface area (TPSA) is 49.0 Å². The fraction of sp³-hybridized carbons (Fsp3) is 0.636. The molecule has 1 saturated heterocycles. The Morgan fingerprint density at radius 2 is 2.07 bits per heavy atom. The number of aromatic nitrogens is 2. The highest BCUT2D eigenvalue weighted by Crippen LogP contribution is 2.20. The van der Waals surface area contributed by atoms with E-state index in [2.05, 4.69) is 35.0 Å². The highest BCUT2D eigenvalue weighted by Gasteiger charge is 2.18. The van der Waals surface area contributed by atoms with Gasteiger partial charge in [-0.1, -0.05) is 13.8 Å². The number of rotatable bonds is 2. The van der Waals surface area contributed by atoms with Crippen LogP contribution in [0.3, 0.4) is 0 Å². The minimum atomic E-state index is 0.367. The molecule has 0 bridgehead atoms. The maximum Gasteiger partial charge on any atom is 0.150 e. The van der Waals surface area contributed by atoms with Crippen LogP contribution in [-0.4, -0.2) is 29.1 Å². The monoisotopic (exact) mass is 207 g/mol. The number of Topliss-reactive ketones (excluding diaryl/α,β-unsaturated/α-hetero) is 1. The van der Waals surface area contributed by atoms with Gasteiger partial charge < -0.3 is 4.90 Å². The summed E-state index contributed by atoms with van der Waals surface area (Å²) in [5.41, 5.74) is 1.15. The third-order valence-electron chi connectivity index (χ3n) is 2.85. The Labute approximate surface area is 89.7 Å². The molecule has 0 amide bonds. The standard InChI is InChI=1S/C11H17N3O/c1-8(2)10-7-11(13-12-10)14-5-3-9(15)4-6-14/h7-8H,3-6H2,1-2H3,(H,12,13). The summed E-state index contributed by atoms with van der Waals surface area (Å²) in [6, 6.07) is 2.08. The average molecular weight is 207 g/mol. The second kappa shape index (κ2) is 4.04. The van der Waals surface area contributed by atoms with Gasteiger partial charge in [0, 0.05) is 37.7 Å². The smallest absolute Gasteiger partial charge is 0.150 e. The number of carbonyl (C=O) groups is 1. The lowest BCUT2D eigenvalue weighted by Gasteiger charge is -2.25. The summed E-state index contributed by atoms with van der Waals surface area (Å²) in [7, 11) is 0. The molecule has 82 valence electrons. The van der Waals surface area contributed by atoms with Crippen LogP contribution >= 0.6 is 0 Å². The molecule has 0 aliphatic carbocycles. The number of hydrogen-bond acceptors (Lipinski definition) is 3. The lowest BCUT2D eigenvalue weighted by Crippen LogP contribution is -2.33. The second-order valence-electron chi connectivity index (χ2n) is 4.36. The van der Waals surface area contributed by atoms with Crippen molar-refractivity contribution >= 4 is 11.6 Å².